The molecule has 1 aliphatic rings. The lowest BCUT2D eigenvalue weighted by atomic mass is 10.1. The maximum Gasteiger partial charge on any atom is 0.223 e. The van der Waals surface area contributed by atoms with Crippen molar-refractivity contribution in [2.75, 3.05) is 7.05 Å². The van der Waals surface area contributed by atoms with Gasteiger partial charge in [0.05, 0.1) is 0 Å². The Balaban J connectivity index is 1.55. The molecule has 1 amide bonds. The van der Waals surface area contributed by atoms with Crippen LogP contribution in [0.3, 0.4) is 0 Å². The van der Waals surface area contributed by atoms with Gasteiger partial charge in [-0.05, 0) is 37.8 Å². The molecular formula is C19H23NO2. The minimum absolute atomic E-state index is 0.206. The second-order valence-corrected chi connectivity index (χ2v) is 6.21. The summed E-state index contributed by atoms with van der Waals surface area (Å²) in [6.45, 7) is 2.15. The Bertz CT molecular complexity index is 628. The van der Waals surface area contributed by atoms with Crippen molar-refractivity contribution in [1.82, 2.24) is 4.90 Å². The number of rotatable bonds is 6. The number of aryl methyl sites for hydroxylation is 1. The summed E-state index contributed by atoms with van der Waals surface area (Å²) in [6.07, 6.45) is 3.69. The molecule has 2 aromatic rings. The largest absolute Gasteiger partial charge is 0.461 e. The number of hydrogen-bond acceptors (Lipinski definition) is 2. The van der Waals surface area contributed by atoms with Gasteiger partial charge in [-0.1, -0.05) is 30.3 Å². The molecule has 0 spiro atoms. The molecule has 0 N–H and O–H groups in total. The van der Waals surface area contributed by atoms with Crippen molar-refractivity contribution in [3.8, 4) is 11.3 Å². The summed E-state index contributed by atoms with van der Waals surface area (Å²) in [5.74, 6) is 2.65. The van der Waals surface area contributed by atoms with Gasteiger partial charge in [0.1, 0.15) is 11.5 Å². The summed E-state index contributed by atoms with van der Waals surface area (Å²) >= 11 is 0. The molecule has 1 unspecified atom stereocenters. The van der Waals surface area contributed by atoms with Gasteiger partial charge in [-0.15, -0.1) is 0 Å². The second-order valence-electron chi connectivity index (χ2n) is 6.21. The average Bonchev–Trinajstić information content (AvgIpc) is 3.30. The minimum atomic E-state index is 0.206. The van der Waals surface area contributed by atoms with Gasteiger partial charge < -0.3 is 9.32 Å². The highest BCUT2D eigenvalue weighted by Crippen LogP contribution is 2.34. The van der Waals surface area contributed by atoms with E-state index in [0.717, 1.165) is 17.1 Å². The van der Waals surface area contributed by atoms with E-state index in [1.165, 1.54) is 12.8 Å². The first-order chi connectivity index (χ1) is 10.6. The Kier molecular flexibility index (Phi) is 4.32. The molecule has 0 radical (unpaired) electrons. The van der Waals surface area contributed by atoms with Crippen molar-refractivity contribution in [1.29, 1.82) is 0 Å². The third kappa shape index (κ3) is 3.41. The molecule has 1 aromatic carbocycles. The van der Waals surface area contributed by atoms with Crippen LogP contribution in [-0.4, -0.2) is 23.9 Å². The summed E-state index contributed by atoms with van der Waals surface area (Å²) in [7, 11) is 1.92. The van der Waals surface area contributed by atoms with E-state index in [0.29, 0.717) is 24.8 Å². The van der Waals surface area contributed by atoms with Crippen LogP contribution < -0.4 is 0 Å². The third-order valence-corrected chi connectivity index (χ3v) is 4.61. The van der Waals surface area contributed by atoms with Crippen molar-refractivity contribution < 1.29 is 9.21 Å². The van der Waals surface area contributed by atoms with Crippen LogP contribution in [0.25, 0.3) is 11.3 Å². The lowest BCUT2D eigenvalue weighted by Crippen LogP contribution is -2.36. The molecule has 0 aliphatic heterocycles. The Morgan fingerprint density at radius 1 is 1.23 bits per heavy atom. The van der Waals surface area contributed by atoms with Gasteiger partial charge in [-0.25, -0.2) is 0 Å². The molecule has 1 saturated carbocycles. The molecule has 3 rings (SSSR count). The molecule has 0 saturated heterocycles. The van der Waals surface area contributed by atoms with Crippen LogP contribution in [0.2, 0.25) is 0 Å². The Morgan fingerprint density at radius 3 is 2.64 bits per heavy atom. The zero-order valence-corrected chi connectivity index (χ0v) is 13.3. The standard InChI is InChI=1S/C19H23NO2/c1-14(15-8-9-15)20(2)19(21)13-11-17-10-12-18(22-17)16-6-4-3-5-7-16/h3-7,10,12,14-15H,8-9,11,13H2,1-2H3. The van der Waals surface area contributed by atoms with E-state index in [9.17, 15) is 4.79 Å². The van der Waals surface area contributed by atoms with E-state index >= 15 is 0 Å². The zero-order valence-electron chi connectivity index (χ0n) is 13.3. The van der Waals surface area contributed by atoms with E-state index < -0.39 is 0 Å². The molecule has 22 heavy (non-hydrogen) atoms. The molecule has 1 aliphatic carbocycles. The first kappa shape index (κ1) is 14.9. The third-order valence-electron chi connectivity index (χ3n) is 4.61. The smallest absolute Gasteiger partial charge is 0.223 e. The van der Waals surface area contributed by atoms with Gasteiger partial charge in [0.25, 0.3) is 0 Å². The summed E-state index contributed by atoms with van der Waals surface area (Å²) < 4.78 is 5.85. The summed E-state index contributed by atoms with van der Waals surface area (Å²) in [6, 6.07) is 14.3. The van der Waals surface area contributed by atoms with Crippen LogP contribution in [0.5, 0.6) is 0 Å². The van der Waals surface area contributed by atoms with Crippen molar-refractivity contribution in [3.05, 3.63) is 48.2 Å². The fourth-order valence-corrected chi connectivity index (χ4v) is 2.80. The maximum absolute atomic E-state index is 12.3. The van der Waals surface area contributed by atoms with Crippen molar-refractivity contribution in [3.63, 3.8) is 0 Å². The van der Waals surface area contributed by atoms with E-state index in [-0.39, 0.29) is 5.91 Å². The number of amides is 1. The number of carbonyl (C=O) groups excluding carboxylic acids is 1. The molecule has 3 heteroatoms. The molecule has 1 aromatic heterocycles. The number of benzene rings is 1. The second kappa shape index (κ2) is 6.39. The molecular weight excluding hydrogens is 274 g/mol. The highest BCUT2D eigenvalue weighted by atomic mass is 16.3. The van der Waals surface area contributed by atoms with E-state index in [1.807, 2.05) is 54.4 Å². The number of nitrogens with zero attached hydrogens (tertiary/aromatic N) is 1. The number of carbonyl (C=O) groups is 1. The normalized spacial score (nSPS) is 15.5. The molecule has 1 heterocycles. The van der Waals surface area contributed by atoms with Gasteiger partial charge in [0.2, 0.25) is 5.91 Å². The predicted octanol–water partition coefficient (Wildman–Crippen LogP) is 4.14. The van der Waals surface area contributed by atoms with Crippen molar-refractivity contribution in [2.45, 2.75) is 38.6 Å². The zero-order chi connectivity index (χ0) is 15.5. The first-order valence-corrected chi connectivity index (χ1v) is 8.05. The predicted molar refractivity (Wildman–Crippen MR) is 87.4 cm³/mol. The van der Waals surface area contributed by atoms with E-state index in [2.05, 4.69) is 6.92 Å². The quantitative estimate of drug-likeness (QED) is 0.803. The van der Waals surface area contributed by atoms with Gasteiger partial charge >= 0.3 is 0 Å². The number of furan rings is 1. The topological polar surface area (TPSA) is 33.5 Å². The highest BCUT2D eigenvalue weighted by molar-refractivity contribution is 5.76. The Morgan fingerprint density at radius 2 is 1.95 bits per heavy atom. The fraction of sp³-hybridized carbons (Fsp3) is 0.421. The summed E-state index contributed by atoms with van der Waals surface area (Å²) in [5, 5.41) is 0. The van der Waals surface area contributed by atoms with Crippen LogP contribution in [0.1, 0.15) is 31.9 Å². The van der Waals surface area contributed by atoms with E-state index in [4.69, 9.17) is 4.42 Å². The van der Waals surface area contributed by atoms with Gasteiger partial charge in [-0.3, -0.25) is 4.79 Å². The summed E-state index contributed by atoms with van der Waals surface area (Å²) in [5.41, 5.74) is 1.07. The van der Waals surface area contributed by atoms with Crippen molar-refractivity contribution in [2.24, 2.45) is 5.92 Å². The summed E-state index contributed by atoms with van der Waals surface area (Å²) in [4.78, 5) is 14.2. The van der Waals surface area contributed by atoms with Crippen LogP contribution in [0, 0.1) is 5.92 Å². The fourth-order valence-electron chi connectivity index (χ4n) is 2.80. The minimum Gasteiger partial charge on any atom is -0.461 e. The first-order valence-electron chi connectivity index (χ1n) is 8.05. The van der Waals surface area contributed by atoms with Crippen LogP contribution in [-0.2, 0) is 11.2 Å². The van der Waals surface area contributed by atoms with Crippen molar-refractivity contribution >= 4 is 5.91 Å². The van der Waals surface area contributed by atoms with E-state index in [1.54, 1.807) is 0 Å². The molecule has 0 bridgehead atoms. The van der Waals surface area contributed by atoms with Crippen LogP contribution in [0.4, 0.5) is 0 Å². The highest BCUT2D eigenvalue weighted by Gasteiger charge is 2.32. The lowest BCUT2D eigenvalue weighted by molar-refractivity contribution is -0.132. The maximum atomic E-state index is 12.3. The molecule has 3 nitrogen and oxygen atoms in total. The van der Waals surface area contributed by atoms with Crippen LogP contribution >= 0.6 is 0 Å². The SMILES string of the molecule is CC(C1CC1)N(C)C(=O)CCc1ccc(-c2ccccc2)o1. The van der Waals surface area contributed by atoms with Gasteiger partial charge in [0, 0.05) is 31.5 Å². The Labute approximate surface area is 131 Å². The van der Waals surface area contributed by atoms with Gasteiger partial charge in [-0.2, -0.15) is 0 Å². The average molecular weight is 297 g/mol. The number of hydrogen-bond donors (Lipinski definition) is 0. The lowest BCUT2D eigenvalue weighted by Gasteiger charge is -2.24. The molecule has 1 fully saturated rings. The monoisotopic (exact) mass is 297 g/mol. The molecule has 1 atom stereocenters. The van der Waals surface area contributed by atoms with Gasteiger partial charge in [0.15, 0.2) is 0 Å². The van der Waals surface area contributed by atoms with Crippen LogP contribution in [0.15, 0.2) is 46.9 Å². The Hall–Kier alpha value is -2.03. The molecule has 116 valence electrons.